The van der Waals surface area contributed by atoms with Crippen LogP contribution in [0.3, 0.4) is 0 Å². The monoisotopic (exact) mass is 488 g/mol. The predicted octanol–water partition coefficient (Wildman–Crippen LogP) is -3.46. The third kappa shape index (κ3) is 16.7. The van der Waals surface area contributed by atoms with Crippen LogP contribution < -0.4 is 18.9 Å². The molecule has 0 aromatic carbocycles. The van der Waals surface area contributed by atoms with Crippen molar-refractivity contribution in [3.8, 4) is 0 Å². The molecule has 6 N–H and O–H groups in total. The van der Waals surface area contributed by atoms with E-state index in [-0.39, 0.29) is 61.1 Å². The van der Waals surface area contributed by atoms with Crippen molar-refractivity contribution < 1.29 is 122 Å². The van der Waals surface area contributed by atoms with Crippen LogP contribution in [0, 0.1) is 40.8 Å². The molecule has 0 aliphatic heterocycles. The maximum absolute atomic E-state index is 10.7. The van der Waals surface area contributed by atoms with E-state index >= 15 is 0 Å². The van der Waals surface area contributed by atoms with E-state index in [1.54, 1.807) is 0 Å². The summed E-state index contributed by atoms with van der Waals surface area (Å²) in [5.74, 6) is 0. The van der Waals surface area contributed by atoms with Crippen molar-refractivity contribution in [2.24, 2.45) is 0 Å². The van der Waals surface area contributed by atoms with Gasteiger partial charge in [0.2, 0.25) is 0 Å². The van der Waals surface area contributed by atoms with Gasteiger partial charge in [0.25, 0.3) is 0 Å². The fraction of sp³-hybridized carbons (Fsp3) is 0. The predicted molar refractivity (Wildman–Crippen MR) is 48.1 cm³/mol. The Labute approximate surface area is 151 Å². The Morgan fingerprint density at radius 3 is 1.00 bits per heavy atom. The molecule has 110 valence electrons. The maximum atomic E-state index is 10.7. The number of phosphoric acid groups is 4. The molecule has 0 saturated carbocycles. The summed E-state index contributed by atoms with van der Waals surface area (Å²) in [4.78, 5) is 49.4. The van der Waals surface area contributed by atoms with Gasteiger partial charge in [-0.1, -0.05) is 0 Å². The van der Waals surface area contributed by atoms with Gasteiger partial charge in [-0.3, -0.25) is 0 Å². The molecule has 0 spiro atoms. The fourth-order valence-electron chi connectivity index (χ4n) is 0.429. The molecule has 0 bridgehead atoms. The topological polar surface area (TPSA) is 217 Å². The Morgan fingerprint density at radius 1 is 0.632 bits per heavy atom. The number of hydrogen-bond acceptors (Lipinski definition) is 7. The molecule has 2 unspecified atom stereocenters. The second kappa shape index (κ2) is 8.96. The summed E-state index contributed by atoms with van der Waals surface area (Å²) >= 11 is 0. The van der Waals surface area contributed by atoms with Crippen LogP contribution in [0.2, 0.25) is 0 Å². The third-order valence-corrected chi connectivity index (χ3v) is 5.63. The van der Waals surface area contributed by atoms with E-state index < -0.39 is 31.3 Å². The van der Waals surface area contributed by atoms with Gasteiger partial charge in [-0.25, -0.2) is 18.3 Å². The molecule has 2 atom stereocenters. The van der Waals surface area contributed by atoms with Crippen molar-refractivity contribution in [3.05, 3.63) is 0 Å². The molecule has 0 aliphatic rings. The molecule has 19 heavy (non-hydrogen) atoms. The molecular formula is H7LiNdO13P4. The Kier molecular flexibility index (Phi) is 12.5. The average molecular weight is 490 g/mol. The van der Waals surface area contributed by atoms with Crippen LogP contribution in [0.4, 0.5) is 0 Å². The summed E-state index contributed by atoms with van der Waals surface area (Å²) in [5.41, 5.74) is 0. The Morgan fingerprint density at radius 2 is 0.842 bits per heavy atom. The summed E-state index contributed by atoms with van der Waals surface area (Å²) in [5, 5.41) is 0. The van der Waals surface area contributed by atoms with Crippen LogP contribution >= 0.6 is 31.3 Å². The maximum Gasteiger partial charge on any atom is 1.00 e. The average Bonchev–Trinajstić information content (AvgIpc) is 1.65. The first kappa shape index (κ1) is 26.4. The molecule has 0 aromatic heterocycles. The largest absolute Gasteiger partial charge is 1.00 e. The Bertz CT molecular complexity index is 419. The van der Waals surface area contributed by atoms with Gasteiger partial charge >= 0.3 is 50.2 Å². The van der Waals surface area contributed by atoms with Crippen LogP contribution in [0.5, 0.6) is 0 Å². The zero-order valence-electron chi connectivity index (χ0n) is 9.83. The van der Waals surface area contributed by atoms with E-state index in [2.05, 4.69) is 12.9 Å². The van der Waals surface area contributed by atoms with Gasteiger partial charge in [0.15, 0.2) is 0 Å². The minimum atomic E-state index is -5.77. The number of hydrogen-bond donors (Lipinski definition) is 6. The molecule has 0 rings (SSSR count). The van der Waals surface area contributed by atoms with Gasteiger partial charge in [0.05, 0.1) is 0 Å². The van der Waals surface area contributed by atoms with Gasteiger partial charge in [-0.05, 0) is 0 Å². The minimum absolute atomic E-state index is 0. The van der Waals surface area contributed by atoms with Crippen molar-refractivity contribution in [2.75, 3.05) is 0 Å². The van der Waals surface area contributed by atoms with Crippen LogP contribution in [0.15, 0.2) is 0 Å². The SMILES string of the molecule is O=P(O)(O)OP(=O)(O)OP(=O)(O)OP(=O)(O)O.[H-].[Li+].[Nd]. The van der Waals surface area contributed by atoms with Gasteiger partial charge in [0.1, 0.15) is 0 Å². The molecule has 0 aromatic rings. The summed E-state index contributed by atoms with van der Waals surface area (Å²) < 4.78 is 50.9. The summed E-state index contributed by atoms with van der Waals surface area (Å²) in [6, 6.07) is 0. The van der Waals surface area contributed by atoms with Gasteiger partial charge < -0.3 is 30.8 Å². The molecule has 0 aliphatic carbocycles. The fourth-order valence-corrected chi connectivity index (χ4v) is 4.40. The zero-order chi connectivity index (χ0) is 14.1. The van der Waals surface area contributed by atoms with Crippen LogP contribution in [-0.4, -0.2) is 29.4 Å². The van der Waals surface area contributed by atoms with Gasteiger partial charge in [0, 0.05) is 40.8 Å². The Hall–Kier alpha value is 2.51. The normalized spacial score (nSPS) is 18.4. The standard InChI is InChI=1S/Li.Nd.H6O13P4.H/c;;1-14(2,3)11-16(7,8)13-17(9,10)12-15(4,5)6;/h;;(H,7,8)(H,9,10)(H2,1,2,3)(H2,4,5,6);/q+1;;;-1. The van der Waals surface area contributed by atoms with E-state index in [0.717, 1.165) is 0 Å². The third-order valence-electron chi connectivity index (χ3n) is 0.625. The quantitative estimate of drug-likeness (QED) is 0.158. The Balaban J connectivity index is -0.000000427. The van der Waals surface area contributed by atoms with Gasteiger partial charge in [-0.2, -0.15) is 12.9 Å². The van der Waals surface area contributed by atoms with Crippen molar-refractivity contribution in [1.82, 2.24) is 0 Å². The van der Waals surface area contributed by atoms with E-state index in [9.17, 15) is 18.3 Å². The first-order valence-electron chi connectivity index (χ1n) is 3.03. The summed E-state index contributed by atoms with van der Waals surface area (Å²) in [7, 11) is -22.6. The molecule has 0 amide bonds. The smallest absolute Gasteiger partial charge is 1.00 e. The van der Waals surface area contributed by atoms with E-state index in [4.69, 9.17) is 29.4 Å². The van der Waals surface area contributed by atoms with E-state index in [0.29, 0.717) is 0 Å². The van der Waals surface area contributed by atoms with Crippen LogP contribution in [-0.2, 0) is 31.2 Å². The zero-order valence-corrected chi connectivity index (χ0v) is 15.6. The van der Waals surface area contributed by atoms with Crippen molar-refractivity contribution >= 4 is 31.3 Å². The van der Waals surface area contributed by atoms with Crippen molar-refractivity contribution in [1.29, 1.82) is 0 Å². The second-order valence-corrected chi connectivity index (χ2v) is 7.96. The molecule has 0 saturated heterocycles. The molecule has 0 fully saturated rings. The summed E-state index contributed by atoms with van der Waals surface area (Å²) in [6.45, 7) is 0. The molecular weight excluding hydrogens is 483 g/mol. The van der Waals surface area contributed by atoms with E-state index in [1.807, 2.05) is 0 Å². The van der Waals surface area contributed by atoms with E-state index in [1.165, 1.54) is 0 Å². The molecule has 13 nitrogen and oxygen atoms in total. The number of rotatable bonds is 6. The molecule has 19 heteroatoms. The van der Waals surface area contributed by atoms with Crippen LogP contribution in [0.25, 0.3) is 0 Å². The summed E-state index contributed by atoms with van der Waals surface area (Å²) in [6.07, 6.45) is 0. The van der Waals surface area contributed by atoms with Gasteiger partial charge in [-0.15, -0.1) is 0 Å². The van der Waals surface area contributed by atoms with Crippen molar-refractivity contribution in [3.63, 3.8) is 0 Å². The van der Waals surface area contributed by atoms with Crippen molar-refractivity contribution in [2.45, 2.75) is 0 Å². The molecule has 0 radical (unpaired) electrons. The molecule has 0 heterocycles. The van der Waals surface area contributed by atoms with Crippen LogP contribution in [0.1, 0.15) is 1.43 Å². The first-order chi connectivity index (χ1) is 7.12. The first-order valence-corrected chi connectivity index (χ1v) is 9.08. The minimum Gasteiger partial charge on any atom is -1.00 e. The second-order valence-electron chi connectivity index (χ2n) is 2.16.